The van der Waals surface area contributed by atoms with E-state index in [0.717, 1.165) is 22.2 Å². The third kappa shape index (κ3) is 2.46. The summed E-state index contributed by atoms with van der Waals surface area (Å²) < 4.78 is 6.91. The van der Waals surface area contributed by atoms with Gasteiger partial charge in [-0.15, -0.1) is 0 Å². The second-order valence-corrected chi connectivity index (χ2v) is 5.68. The number of hydrogen-bond acceptors (Lipinski definition) is 3. The van der Waals surface area contributed by atoms with Crippen molar-refractivity contribution in [2.75, 3.05) is 12.4 Å². The molecule has 23 heavy (non-hydrogen) atoms. The van der Waals surface area contributed by atoms with Gasteiger partial charge in [0.05, 0.1) is 12.8 Å². The van der Waals surface area contributed by atoms with Crippen molar-refractivity contribution in [3.63, 3.8) is 0 Å². The Hall–Kier alpha value is -2.76. The first kappa shape index (κ1) is 15.1. The minimum Gasteiger partial charge on any atom is -0.480 e. The first-order valence-electron chi connectivity index (χ1n) is 7.40. The minimum atomic E-state index is -0.181. The lowest BCUT2D eigenvalue weighted by Crippen LogP contribution is -2.13. The lowest BCUT2D eigenvalue weighted by Gasteiger charge is -2.07. The number of carbonyl (C=O) groups excluding carboxylic acids is 1. The average Bonchev–Trinajstić information content (AvgIpc) is 2.95. The fraction of sp³-hybridized carbons (Fsp3) is 0.294. The molecule has 6 heteroatoms. The molecular formula is C17H20N4O2. The Balaban J connectivity index is 1.96. The molecule has 0 fully saturated rings. The number of amides is 1. The van der Waals surface area contributed by atoms with E-state index < -0.39 is 0 Å². The number of aromatic amines is 1. The summed E-state index contributed by atoms with van der Waals surface area (Å²) in [5.74, 6) is 0.352. The van der Waals surface area contributed by atoms with Crippen molar-refractivity contribution in [1.29, 1.82) is 0 Å². The van der Waals surface area contributed by atoms with Crippen LogP contribution in [0.4, 0.5) is 5.69 Å². The molecule has 2 N–H and O–H groups in total. The number of nitrogens with one attached hydrogen (secondary N) is 2. The summed E-state index contributed by atoms with van der Waals surface area (Å²) in [5, 5.41) is 8.23. The summed E-state index contributed by atoms with van der Waals surface area (Å²) in [6, 6.07) is 5.64. The Morgan fingerprint density at radius 2 is 2.04 bits per heavy atom. The molecule has 0 atom stereocenters. The Bertz CT molecular complexity index is 905. The minimum absolute atomic E-state index is 0.181. The molecule has 0 unspecified atom stereocenters. The van der Waals surface area contributed by atoms with E-state index in [1.54, 1.807) is 18.8 Å². The van der Waals surface area contributed by atoms with Crippen LogP contribution in [0.3, 0.4) is 0 Å². The number of nitrogens with zero attached hydrogens (tertiary/aromatic N) is 2. The second-order valence-electron chi connectivity index (χ2n) is 5.68. The summed E-state index contributed by atoms with van der Waals surface area (Å²) in [6.07, 6.45) is 0. The highest BCUT2D eigenvalue weighted by atomic mass is 16.5. The summed E-state index contributed by atoms with van der Waals surface area (Å²) >= 11 is 0. The van der Waals surface area contributed by atoms with Crippen LogP contribution in [0.2, 0.25) is 0 Å². The first-order chi connectivity index (χ1) is 10.9. The highest BCUT2D eigenvalue weighted by Crippen LogP contribution is 2.28. The Morgan fingerprint density at radius 1 is 1.30 bits per heavy atom. The SMILES string of the molecule is COc1c(NC(=O)c2ccc3[nH]c(C)c(C)c3c2)c(C)nn1C. The highest BCUT2D eigenvalue weighted by molar-refractivity contribution is 6.07. The first-order valence-corrected chi connectivity index (χ1v) is 7.40. The lowest BCUT2D eigenvalue weighted by molar-refractivity contribution is 0.102. The smallest absolute Gasteiger partial charge is 0.255 e. The molecule has 3 rings (SSSR count). The summed E-state index contributed by atoms with van der Waals surface area (Å²) in [6.45, 7) is 5.91. The Kier molecular flexibility index (Phi) is 3.60. The fourth-order valence-corrected chi connectivity index (χ4v) is 2.80. The molecule has 2 aromatic heterocycles. The van der Waals surface area contributed by atoms with Crippen LogP contribution in [0.25, 0.3) is 10.9 Å². The van der Waals surface area contributed by atoms with Crippen molar-refractivity contribution in [1.82, 2.24) is 14.8 Å². The van der Waals surface area contributed by atoms with Crippen LogP contribution in [-0.2, 0) is 7.05 Å². The fourth-order valence-electron chi connectivity index (χ4n) is 2.80. The third-order valence-corrected chi connectivity index (χ3v) is 4.17. The molecule has 0 spiro atoms. The third-order valence-electron chi connectivity index (χ3n) is 4.17. The van der Waals surface area contributed by atoms with Crippen molar-refractivity contribution < 1.29 is 9.53 Å². The van der Waals surface area contributed by atoms with Crippen LogP contribution in [0.1, 0.15) is 27.3 Å². The van der Waals surface area contributed by atoms with Crippen molar-refractivity contribution in [3.8, 4) is 5.88 Å². The molecule has 1 amide bonds. The number of carbonyl (C=O) groups is 1. The van der Waals surface area contributed by atoms with E-state index in [0.29, 0.717) is 22.8 Å². The molecule has 0 aliphatic carbocycles. The standard InChI is InChI=1S/C17H20N4O2/c1-9-10(2)18-14-7-6-12(8-13(9)14)16(22)19-15-11(3)20-21(4)17(15)23-5/h6-8,18H,1-5H3,(H,19,22). The zero-order chi connectivity index (χ0) is 16.7. The molecule has 6 nitrogen and oxygen atoms in total. The summed E-state index contributed by atoms with van der Waals surface area (Å²) in [5.41, 5.74) is 5.22. The molecule has 0 aliphatic heterocycles. The largest absolute Gasteiger partial charge is 0.480 e. The van der Waals surface area contributed by atoms with Crippen molar-refractivity contribution in [2.24, 2.45) is 7.05 Å². The number of aromatic nitrogens is 3. The van der Waals surface area contributed by atoms with Crippen LogP contribution in [0.5, 0.6) is 5.88 Å². The van der Waals surface area contributed by atoms with E-state index in [9.17, 15) is 4.79 Å². The number of ether oxygens (including phenoxy) is 1. The van der Waals surface area contributed by atoms with Gasteiger partial charge in [0.1, 0.15) is 5.69 Å². The number of benzene rings is 1. The number of anilines is 1. The zero-order valence-corrected chi connectivity index (χ0v) is 13.9. The normalized spacial score (nSPS) is 11.0. The van der Waals surface area contributed by atoms with E-state index in [1.165, 1.54) is 0 Å². The monoisotopic (exact) mass is 312 g/mol. The number of rotatable bonds is 3. The van der Waals surface area contributed by atoms with Crippen molar-refractivity contribution >= 4 is 22.5 Å². The van der Waals surface area contributed by atoms with Crippen molar-refractivity contribution in [2.45, 2.75) is 20.8 Å². The molecule has 0 bridgehead atoms. The van der Waals surface area contributed by atoms with Gasteiger partial charge in [-0.1, -0.05) is 0 Å². The number of H-pyrrole nitrogens is 1. The van der Waals surface area contributed by atoms with E-state index in [1.807, 2.05) is 39.0 Å². The topological polar surface area (TPSA) is 71.9 Å². The maximum absolute atomic E-state index is 12.6. The zero-order valence-electron chi connectivity index (χ0n) is 13.9. The van der Waals surface area contributed by atoms with E-state index in [4.69, 9.17) is 4.74 Å². The van der Waals surface area contributed by atoms with Gasteiger partial charge in [0.2, 0.25) is 5.88 Å². The van der Waals surface area contributed by atoms with Gasteiger partial charge in [-0.3, -0.25) is 4.79 Å². The quantitative estimate of drug-likeness (QED) is 0.780. The molecule has 0 aliphatic rings. The van der Waals surface area contributed by atoms with Crippen molar-refractivity contribution in [3.05, 3.63) is 40.7 Å². The lowest BCUT2D eigenvalue weighted by atomic mass is 10.1. The van der Waals surface area contributed by atoms with E-state index in [2.05, 4.69) is 15.4 Å². The van der Waals surface area contributed by atoms with Gasteiger partial charge < -0.3 is 15.0 Å². The van der Waals surface area contributed by atoms with E-state index in [-0.39, 0.29) is 5.91 Å². The molecule has 3 aromatic rings. The predicted molar refractivity (Wildman–Crippen MR) is 90.2 cm³/mol. The molecule has 0 saturated heterocycles. The summed E-state index contributed by atoms with van der Waals surface area (Å²) in [7, 11) is 3.34. The molecule has 0 saturated carbocycles. The molecule has 2 heterocycles. The van der Waals surface area contributed by atoms with Crippen LogP contribution >= 0.6 is 0 Å². The number of hydrogen-bond donors (Lipinski definition) is 2. The van der Waals surface area contributed by atoms with Crippen LogP contribution in [-0.4, -0.2) is 27.8 Å². The van der Waals surface area contributed by atoms with Gasteiger partial charge >= 0.3 is 0 Å². The molecular weight excluding hydrogens is 292 g/mol. The predicted octanol–water partition coefficient (Wildman–Crippen LogP) is 3.09. The number of fused-ring (bicyclic) bond motifs is 1. The number of methoxy groups -OCH3 is 1. The van der Waals surface area contributed by atoms with Gasteiger partial charge in [0.25, 0.3) is 5.91 Å². The maximum Gasteiger partial charge on any atom is 0.255 e. The Labute approximate surface area is 134 Å². The van der Waals surface area contributed by atoms with Gasteiger partial charge in [-0.25, -0.2) is 4.68 Å². The van der Waals surface area contributed by atoms with Crippen LogP contribution < -0.4 is 10.1 Å². The van der Waals surface area contributed by atoms with Gasteiger partial charge in [0.15, 0.2) is 0 Å². The Morgan fingerprint density at radius 3 is 2.74 bits per heavy atom. The van der Waals surface area contributed by atoms with Gasteiger partial charge in [0, 0.05) is 29.2 Å². The average molecular weight is 312 g/mol. The van der Waals surface area contributed by atoms with Gasteiger partial charge in [-0.2, -0.15) is 5.10 Å². The van der Waals surface area contributed by atoms with Crippen LogP contribution in [0, 0.1) is 20.8 Å². The molecule has 1 aromatic carbocycles. The molecule has 120 valence electrons. The second kappa shape index (κ2) is 5.46. The van der Waals surface area contributed by atoms with E-state index >= 15 is 0 Å². The van der Waals surface area contributed by atoms with Gasteiger partial charge in [-0.05, 0) is 44.5 Å². The maximum atomic E-state index is 12.6. The highest BCUT2D eigenvalue weighted by Gasteiger charge is 2.18. The van der Waals surface area contributed by atoms with Crippen LogP contribution in [0.15, 0.2) is 18.2 Å². The molecule has 0 radical (unpaired) electrons. The summed E-state index contributed by atoms with van der Waals surface area (Å²) in [4.78, 5) is 15.9. The number of aryl methyl sites for hydroxylation is 4.